The highest BCUT2D eigenvalue weighted by molar-refractivity contribution is 5.91. The Bertz CT molecular complexity index is 968. The fraction of sp³-hybridized carbons (Fsp3) is 0.440. The van der Waals surface area contributed by atoms with Crippen molar-refractivity contribution in [3.63, 3.8) is 0 Å². The van der Waals surface area contributed by atoms with Gasteiger partial charge in [-0.2, -0.15) is 0 Å². The van der Waals surface area contributed by atoms with Crippen molar-refractivity contribution in [3.05, 3.63) is 71.5 Å². The van der Waals surface area contributed by atoms with Gasteiger partial charge >= 0.3 is 0 Å². The van der Waals surface area contributed by atoms with Gasteiger partial charge in [0.2, 0.25) is 5.91 Å². The van der Waals surface area contributed by atoms with Crippen LogP contribution in [0.2, 0.25) is 0 Å². The number of hydrogen-bond donors (Lipinski definition) is 0. The number of ether oxygens (including phenoxy) is 1. The van der Waals surface area contributed by atoms with E-state index in [1.807, 2.05) is 54.2 Å². The zero-order chi connectivity index (χ0) is 22.7. The lowest BCUT2D eigenvalue weighted by atomic mass is 9.83. The van der Waals surface area contributed by atoms with Crippen LogP contribution >= 0.6 is 0 Å². The second-order valence-corrected chi connectivity index (χ2v) is 8.88. The van der Waals surface area contributed by atoms with Crippen molar-refractivity contribution in [1.29, 1.82) is 0 Å². The second kappa shape index (κ2) is 9.38. The molecule has 0 unspecified atom stereocenters. The monoisotopic (exact) mass is 439 g/mol. The van der Waals surface area contributed by atoms with Crippen molar-refractivity contribution in [2.45, 2.75) is 17.9 Å². The maximum absolute atomic E-state index is 13.6. The lowest BCUT2D eigenvalue weighted by Gasteiger charge is -2.42. The number of benzene rings is 2. The zero-order valence-electron chi connectivity index (χ0n) is 18.7. The lowest BCUT2D eigenvalue weighted by Crippen LogP contribution is -2.59. The summed E-state index contributed by atoms with van der Waals surface area (Å²) in [5.74, 6) is -0.704. The lowest BCUT2D eigenvalue weighted by molar-refractivity contribution is -0.167. The maximum Gasteiger partial charge on any atom is 0.257 e. The van der Waals surface area contributed by atoms with Crippen LogP contribution in [0.4, 0.5) is 4.39 Å². The SMILES string of the molecule is CN(C)CCN1C[C@H](c2ccccc2)[C@]2(CN(C(=O)Cc3cccc(F)c3)CCO2)C1=O. The van der Waals surface area contributed by atoms with Crippen molar-refractivity contribution in [2.75, 3.05) is 53.4 Å². The molecule has 0 N–H and O–H groups in total. The van der Waals surface area contributed by atoms with E-state index in [-0.39, 0.29) is 36.5 Å². The number of morpholine rings is 1. The molecule has 2 saturated heterocycles. The summed E-state index contributed by atoms with van der Waals surface area (Å²) in [6.45, 7) is 2.84. The second-order valence-electron chi connectivity index (χ2n) is 8.88. The Hall–Kier alpha value is -2.77. The van der Waals surface area contributed by atoms with Crippen LogP contribution < -0.4 is 0 Å². The van der Waals surface area contributed by atoms with Crippen LogP contribution in [0.15, 0.2) is 54.6 Å². The minimum Gasteiger partial charge on any atom is -0.361 e. The smallest absolute Gasteiger partial charge is 0.257 e. The van der Waals surface area contributed by atoms with Gasteiger partial charge in [-0.15, -0.1) is 0 Å². The van der Waals surface area contributed by atoms with Gasteiger partial charge in [0.25, 0.3) is 5.91 Å². The van der Waals surface area contributed by atoms with Crippen LogP contribution in [0.25, 0.3) is 0 Å². The molecule has 32 heavy (non-hydrogen) atoms. The van der Waals surface area contributed by atoms with E-state index in [2.05, 4.69) is 0 Å². The van der Waals surface area contributed by atoms with Crippen molar-refractivity contribution < 1.29 is 18.7 Å². The topological polar surface area (TPSA) is 53.1 Å². The Morgan fingerprint density at radius 2 is 1.97 bits per heavy atom. The standard InChI is InChI=1S/C25H30FN3O3/c1-27(2)11-12-28-17-22(20-8-4-3-5-9-20)25(24(28)31)18-29(13-14-32-25)23(30)16-19-7-6-10-21(26)15-19/h3-10,15,22H,11-14,16-18H2,1-2H3/t22-,25-/m1/s1. The minimum atomic E-state index is -1.09. The summed E-state index contributed by atoms with van der Waals surface area (Å²) in [6, 6.07) is 16.0. The summed E-state index contributed by atoms with van der Waals surface area (Å²) in [5, 5.41) is 0. The molecule has 2 amide bonds. The molecule has 0 aliphatic carbocycles. The number of carbonyl (C=O) groups is 2. The summed E-state index contributed by atoms with van der Waals surface area (Å²) in [5.41, 5.74) is 0.567. The predicted molar refractivity (Wildman–Crippen MR) is 120 cm³/mol. The molecule has 0 aromatic heterocycles. The molecule has 2 aromatic rings. The summed E-state index contributed by atoms with van der Waals surface area (Å²) in [6.07, 6.45) is 0.0996. The van der Waals surface area contributed by atoms with Crippen molar-refractivity contribution in [3.8, 4) is 0 Å². The molecular weight excluding hydrogens is 409 g/mol. The van der Waals surface area contributed by atoms with E-state index < -0.39 is 5.60 Å². The molecule has 170 valence electrons. The van der Waals surface area contributed by atoms with Crippen LogP contribution in [0.3, 0.4) is 0 Å². The Morgan fingerprint density at radius 1 is 1.19 bits per heavy atom. The Morgan fingerprint density at radius 3 is 2.69 bits per heavy atom. The number of hydrogen-bond acceptors (Lipinski definition) is 4. The highest BCUT2D eigenvalue weighted by Crippen LogP contribution is 2.42. The normalized spacial score (nSPS) is 23.4. The van der Waals surface area contributed by atoms with E-state index in [4.69, 9.17) is 4.74 Å². The number of rotatable bonds is 6. The van der Waals surface area contributed by atoms with Gasteiger partial charge in [-0.1, -0.05) is 42.5 Å². The van der Waals surface area contributed by atoms with Crippen molar-refractivity contribution >= 4 is 11.8 Å². The molecule has 2 aliphatic heterocycles. The van der Waals surface area contributed by atoms with E-state index >= 15 is 0 Å². The van der Waals surface area contributed by atoms with Gasteiger partial charge in [-0.3, -0.25) is 9.59 Å². The van der Waals surface area contributed by atoms with Crippen LogP contribution in [-0.2, 0) is 20.7 Å². The van der Waals surface area contributed by atoms with E-state index in [0.29, 0.717) is 31.8 Å². The zero-order valence-corrected chi connectivity index (χ0v) is 18.7. The first-order valence-corrected chi connectivity index (χ1v) is 11.0. The van der Waals surface area contributed by atoms with Crippen LogP contribution in [0, 0.1) is 5.82 Å². The van der Waals surface area contributed by atoms with Gasteiger partial charge in [-0.25, -0.2) is 4.39 Å². The molecule has 2 aromatic carbocycles. The predicted octanol–water partition coefficient (Wildman–Crippen LogP) is 2.15. The molecule has 0 saturated carbocycles. The average molecular weight is 440 g/mol. The minimum absolute atomic E-state index is 0.0588. The van der Waals surface area contributed by atoms with E-state index in [1.54, 1.807) is 17.0 Å². The fourth-order valence-corrected chi connectivity index (χ4v) is 4.67. The van der Waals surface area contributed by atoms with Gasteiger partial charge in [0, 0.05) is 32.1 Å². The number of nitrogens with zero attached hydrogens (tertiary/aromatic N) is 3. The van der Waals surface area contributed by atoms with Crippen LogP contribution in [0.5, 0.6) is 0 Å². The average Bonchev–Trinajstić information content (AvgIpc) is 3.04. The third-order valence-corrected chi connectivity index (χ3v) is 6.38. The molecule has 4 rings (SSSR count). The summed E-state index contributed by atoms with van der Waals surface area (Å²) in [7, 11) is 3.96. The van der Waals surface area contributed by atoms with Gasteiger partial charge < -0.3 is 19.4 Å². The number of amides is 2. The van der Waals surface area contributed by atoms with Gasteiger partial charge in [0.15, 0.2) is 5.60 Å². The first-order chi connectivity index (χ1) is 15.4. The van der Waals surface area contributed by atoms with E-state index in [9.17, 15) is 14.0 Å². The summed E-state index contributed by atoms with van der Waals surface area (Å²) >= 11 is 0. The largest absolute Gasteiger partial charge is 0.361 e. The first kappa shape index (κ1) is 22.4. The molecule has 2 fully saturated rings. The molecule has 6 nitrogen and oxygen atoms in total. The molecule has 1 spiro atoms. The highest BCUT2D eigenvalue weighted by Gasteiger charge is 2.58. The third-order valence-electron chi connectivity index (χ3n) is 6.38. The Labute approximate surface area is 188 Å². The number of halogens is 1. The molecule has 2 atom stereocenters. The Balaban J connectivity index is 1.58. The summed E-state index contributed by atoms with van der Waals surface area (Å²) < 4.78 is 19.8. The fourth-order valence-electron chi connectivity index (χ4n) is 4.67. The quantitative estimate of drug-likeness (QED) is 0.692. The number of likely N-dealkylation sites (N-methyl/N-ethyl adjacent to an activating group) is 1. The highest BCUT2D eigenvalue weighted by atomic mass is 19.1. The molecule has 0 radical (unpaired) electrons. The molecule has 2 aliphatic rings. The van der Waals surface area contributed by atoms with Crippen LogP contribution in [0.1, 0.15) is 17.0 Å². The van der Waals surface area contributed by atoms with E-state index in [1.165, 1.54) is 12.1 Å². The number of likely N-dealkylation sites (tertiary alicyclic amines) is 1. The van der Waals surface area contributed by atoms with Gasteiger partial charge in [0.1, 0.15) is 5.82 Å². The third kappa shape index (κ3) is 4.54. The number of carbonyl (C=O) groups excluding carboxylic acids is 2. The van der Waals surface area contributed by atoms with Gasteiger partial charge in [-0.05, 0) is 37.4 Å². The maximum atomic E-state index is 13.6. The molecule has 7 heteroatoms. The van der Waals surface area contributed by atoms with Crippen molar-refractivity contribution in [2.24, 2.45) is 0 Å². The van der Waals surface area contributed by atoms with Crippen molar-refractivity contribution in [1.82, 2.24) is 14.7 Å². The molecular formula is C25H30FN3O3. The first-order valence-electron chi connectivity index (χ1n) is 11.0. The molecule has 2 heterocycles. The van der Waals surface area contributed by atoms with Gasteiger partial charge in [0.05, 0.1) is 19.6 Å². The Kier molecular flexibility index (Phi) is 6.58. The van der Waals surface area contributed by atoms with Crippen LogP contribution in [-0.4, -0.2) is 85.5 Å². The summed E-state index contributed by atoms with van der Waals surface area (Å²) in [4.78, 5) is 32.3. The van der Waals surface area contributed by atoms with E-state index in [0.717, 1.165) is 12.1 Å². The molecule has 0 bridgehead atoms.